The highest BCUT2D eigenvalue weighted by molar-refractivity contribution is 5.29. The zero-order valence-electron chi connectivity index (χ0n) is 15.7. The van der Waals surface area contributed by atoms with Gasteiger partial charge in [0.25, 0.3) is 0 Å². The fourth-order valence-corrected chi connectivity index (χ4v) is 3.11. The van der Waals surface area contributed by atoms with Gasteiger partial charge in [-0.1, -0.05) is 42.0 Å². The van der Waals surface area contributed by atoms with Crippen LogP contribution in [0.15, 0.2) is 54.6 Å². The van der Waals surface area contributed by atoms with Crippen LogP contribution in [0.3, 0.4) is 0 Å². The monoisotopic (exact) mass is 368 g/mol. The van der Waals surface area contributed by atoms with Gasteiger partial charge in [-0.2, -0.15) is 0 Å². The molecule has 0 fully saturated rings. The molecule has 0 bridgehead atoms. The second-order valence-corrected chi connectivity index (χ2v) is 7.10. The minimum Gasteiger partial charge on any atom is -0.207 e. The van der Waals surface area contributed by atoms with Gasteiger partial charge in [0, 0.05) is 5.56 Å². The van der Waals surface area contributed by atoms with Crippen molar-refractivity contribution >= 4 is 0 Å². The highest BCUT2D eigenvalue weighted by Gasteiger charge is 2.09. The van der Waals surface area contributed by atoms with E-state index in [4.69, 9.17) is 0 Å². The van der Waals surface area contributed by atoms with Crippen molar-refractivity contribution in [1.82, 2.24) is 0 Å². The van der Waals surface area contributed by atoms with Gasteiger partial charge in [0.1, 0.15) is 17.5 Å². The molecule has 0 amide bonds. The first-order chi connectivity index (χ1) is 12.9. The van der Waals surface area contributed by atoms with Crippen molar-refractivity contribution < 1.29 is 13.2 Å². The molecule has 0 aliphatic carbocycles. The van der Waals surface area contributed by atoms with E-state index < -0.39 is 11.6 Å². The lowest BCUT2D eigenvalue weighted by atomic mass is 9.99. The van der Waals surface area contributed by atoms with Gasteiger partial charge in [0.05, 0.1) is 0 Å². The minimum atomic E-state index is -0.558. The summed E-state index contributed by atoms with van der Waals surface area (Å²) >= 11 is 0. The SMILES string of the molecule is Cc1ccc(CCc2ccc(CCc3cc(F)c(C)c(F)c3)c(F)c2)cc1. The van der Waals surface area contributed by atoms with E-state index in [1.807, 2.05) is 6.07 Å². The van der Waals surface area contributed by atoms with Gasteiger partial charge in [-0.3, -0.25) is 0 Å². The molecule has 3 rings (SSSR count). The molecule has 140 valence electrons. The van der Waals surface area contributed by atoms with Crippen LogP contribution in [-0.4, -0.2) is 0 Å². The Kier molecular flexibility index (Phi) is 6.00. The largest absolute Gasteiger partial charge is 0.207 e. The summed E-state index contributed by atoms with van der Waals surface area (Å²) in [5.74, 6) is -1.38. The summed E-state index contributed by atoms with van der Waals surface area (Å²) in [6, 6.07) is 16.3. The van der Waals surface area contributed by atoms with Crippen LogP contribution in [0.25, 0.3) is 0 Å². The van der Waals surface area contributed by atoms with Crippen LogP contribution in [0.5, 0.6) is 0 Å². The summed E-state index contributed by atoms with van der Waals surface area (Å²) in [6.07, 6.45) is 2.44. The Bertz CT molecular complexity index is 904. The first-order valence-electron chi connectivity index (χ1n) is 9.20. The Morgan fingerprint density at radius 3 is 1.70 bits per heavy atom. The average molecular weight is 368 g/mol. The molecule has 0 spiro atoms. The van der Waals surface area contributed by atoms with Crippen LogP contribution in [0.2, 0.25) is 0 Å². The zero-order valence-corrected chi connectivity index (χ0v) is 15.7. The Morgan fingerprint density at radius 2 is 1.07 bits per heavy atom. The maximum atomic E-state index is 14.4. The van der Waals surface area contributed by atoms with E-state index in [1.165, 1.54) is 30.2 Å². The molecule has 0 aromatic heterocycles. The molecule has 0 atom stereocenters. The number of hydrogen-bond donors (Lipinski definition) is 0. The molecule has 0 saturated carbocycles. The lowest BCUT2D eigenvalue weighted by Crippen LogP contribution is -2.00. The predicted octanol–water partition coefficient (Wildman–Crippen LogP) is 6.29. The van der Waals surface area contributed by atoms with Crippen LogP contribution in [0.1, 0.15) is 33.4 Å². The van der Waals surface area contributed by atoms with Gasteiger partial charge in [0.15, 0.2) is 0 Å². The van der Waals surface area contributed by atoms with Gasteiger partial charge in [-0.05, 0) is 80.0 Å². The van der Waals surface area contributed by atoms with Gasteiger partial charge in [0.2, 0.25) is 0 Å². The summed E-state index contributed by atoms with van der Waals surface area (Å²) in [6.45, 7) is 3.46. The topological polar surface area (TPSA) is 0 Å². The summed E-state index contributed by atoms with van der Waals surface area (Å²) in [4.78, 5) is 0. The van der Waals surface area contributed by atoms with Crippen LogP contribution in [0, 0.1) is 31.3 Å². The highest BCUT2D eigenvalue weighted by atomic mass is 19.1. The lowest BCUT2D eigenvalue weighted by molar-refractivity contribution is 0.563. The van der Waals surface area contributed by atoms with E-state index >= 15 is 0 Å². The average Bonchev–Trinajstić information content (AvgIpc) is 2.65. The van der Waals surface area contributed by atoms with Crippen molar-refractivity contribution in [2.45, 2.75) is 39.5 Å². The third-order valence-corrected chi connectivity index (χ3v) is 4.96. The van der Waals surface area contributed by atoms with Crippen LogP contribution in [-0.2, 0) is 25.7 Å². The zero-order chi connectivity index (χ0) is 19.4. The Balaban J connectivity index is 1.62. The van der Waals surface area contributed by atoms with E-state index in [1.54, 1.807) is 12.1 Å². The van der Waals surface area contributed by atoms with Crippen molar-refractivity contribution in [3.63, 3.8) is 0 Å². The second kappa shape index (κ2) is 8.43. The number of benzene rings is 3. The molecule has 3 aromatic rings. The molecule has 0 radical (unpaired) electrons. The van der Waals surface area contributed by atoms with Crippen LogP contribution in [0.4, 0.5) is 13.2 Å². The third kappa shape index (κ3) is 5.00. The van der Waals surface area contributed by atoms with E-state index in [-0.39, 0.29) is 11.4 Å². The molecule has 3 aromatic carbocycles. The Labute approximate surface area is 158 Å². The molecular formula is C24H23F3. The Hall–Kier alpha value is -2.55. The fourth-order valence-electron chi connectivity index (χ4n) is 3.11. The van der Waals surface area contributed by atoms with Gasteiger partial charge in [-0.25, -0.2) is 13.2 Å². The summed E-state index contributed by atoms with van der Waals surface area (Å²) in [5.41, 5.74) is 4.53. The Morgan fingerprint density at radius 1 is 0.556 bits per heavy atom. The number of rotatable bonds is 6. The van der Waals surface area contributed by atoms with Gasteiger partial charge in [-0.15, -0.1) is 0 Å². The maximum Gasteiger partial charge on any atom is 0.129 e. The third-order valence-electron chi connectivity index (χ3n) is 4.96. The normalized spacial score (nSPS) is 11.0. The molecule has 0 aliphatic rings. The highest BCUT2D eigenvalue weighted by Crippen LogP contribution is 2.18. The van der Waals surface area contributed by atoms with Crippen molar-refractivity contribution in [3.05, 3.63) is 105 Å². The molecule has 0 aliphatic heterocycles. The maximum absolute atomic E-state index is 14.4. The standard InChI is InChI=1S/C24H23F3/c1-16-3-5-18(6-4-16)7-8-19-9-11-21(24(27)13-19)12-10-20-14-22(25)17(2)23(26)15-20/h3-6,9,11,13-15H,7-8,10,12H2,1-2H3. The molecule has 0 nitrogen and oxygen atoms in total. The molecule has 0 saturated heterocycles. The molecule has 0 heterocycles. The predicted molar refractivity (Wildman–Crippen MR) is 103 cm³/mol. The molecule has 3 heteroatoms. The van der Waals surface area contributed by atoms with Crippen molar-refractivity contribution in [2.75, 3.05) is 0 Å². The first-order valence-corrected chi connectivity index (χ1v) is 9.20. The quantitative estimate of drug-likeness (QED) is 0.479. The fraction of sp³-hybridized carbons (Fsp3) is 0.250. The van der Waals surface area contributed by atoms with Gasteiger partial charge >= 0.3 is 0 Å². The van der Waals surface area contributed by atoms with Crippen molar-refractivity contribution in [2.24, 2.45) is 0 Å². The number of hydrogen-bond acceptors (Lipinski definition) is 0. The minimum absolute atomic E-state index is 0.0165. The number of aryl methyl sites for hydroxylation is 5. The van der Waals surface area contributed by atoms with Crippen LogP contribution >= 0.6 is 0 Å². The molecule has 0 unspecified atom stereocenters. The smallest absolute Gasteiger partial charge is 0.129 e. The van der Waals surface area contributed by atoms with Crippen molar-refractivity contribution in [3.8, 4) is 0 Å². The summed E-state index contributed by atoms with van der Waals surface area (Å²) < 4.78 is 41.7. The number of halogens is 3. The van der Waals surface area contributed by atoms with Crippen molar-refractivity contribution in [1.29, 1.82) is 0 Å². The van der Waals surface area contributed by atoms with Crippen LogP contribution < -0.4 is 0 Å². The first kappa shape index (κ1) is 19.2. The lowest BCUT2D eigenvalue weighted by Gasteiger charge is -2.08. The summed E-state index contributed by atoms with van der Waals surface area (Å²) in [5, 5.41) is 0. The van der Waals surface area contributed by atoms with E-state index in [9.17, 15) is 13.2 Å². The van der Waals surface area contributed by atoms with Gasteiger partial charge < -0.3 is 0 Å². The molecule has 27 heavy (non-hydrogen) atoms. The second-order valence-electron chi connectivity index (χ2n) is 7.10. The molecule has 0 N–H and O–H groups in total. The van der Waals surface area contributed by atoms with E-state index in [2.05, 4.69) is 31.2 Å². The molecular weight excluding hydrogens is 345 g/mol. The summed E-state index contributed by atoms with van der Waals surface area (Å²) in [7, 11) is 0. The van der Waals surface area contributed by atoms with E-state index in [0.29, 0.717) is 24.0 Å². The van der Waals surface area contributed by atoms with E-state index in [0.717, 1.165) is 18.4 Å².